The third kappa shape index (κ3) is 6.30. The van der Waals surface area contributed by atoms with Gasteiger partial charge in [-0.3, -0.25) is 9.69 Å². The summed E-state index contributed by atoms with van der Waals surface area (Å²) >= 11 is 0. The van der Waals surface area contributed by atoms with Crippen LogP contribution in [0.2, 0.25) is 0 Å². The van der Waals surface area contributed by atoms with Gasteiger partial charge in [-0.05, 0) is 45.4 Å². The van der Waals surface area contributed by atoms with Crippen molar-refractivity contribution in [3.05, 3.63) is 29.6 Å². The van der Waals surface area contributed by atoms with Gasteiger partial charge in [0.05, 0.1) is 18.5 Å². The van der Waals surface area contributed by atoms with Gasteiger partial charge in [-0.1, -0.05) is 13.8 Å². The zero-order chi connectivity index (χ0) is 27.2. The van der Waals surface area contributed by atoms with E-state index in [1.165, 1.54) is 0 Å². The standard InChI is InChI=1S/C28H44N8O2/c1-6-19(3)24-27(30-7-2)33-28(25(32-24)26(29)37)31-20-8-9-22(23(18-20)38-5)36-12-10-21(11-13-36)35-16-14-34(4)15-17-35/h8-9,18-19,21H,6-7,10-17H2,1-5H3,(H2,29,37)(H2,30,31,33). The van der Waals surface area contributed by atoms with Crippen LogP contribution in [0, 0.1) is 0 Å². The van der Waals surface area contributed by atoms with Crippen LogP contribution in [0.1, 0.15) is 62.1 Å². The molecule has 0 spiro atoms. The molecule has 1 atom stereocenters. The minimum atomic E-state index is -0.612. The summed E-state index contributed by atoms with van der Waals surface area (Å²) in [5, 5.41) is 6.56. The molecule has 1 unspecified atom stereocenters. The first kappa shape index (κ1) is 27.9. The van der Waals surface area contributed by atoms with Gasteiger partial charge in [-0.15, -0.1) is 0 Å². The second-order valence-electron chi connectivity index (χ2n) is 10.4. The smallest absolute Gasteiger partial charge is 0.271 e. The van der Waals surface area contributed by atoms with Crippen LogP contribution in [0.3, 0.4) is 0 Å². The number of piperidine rings is 1. The second kappa shape index (κ2) is 12.6. The lowest BCUT2D eigenvalue weighted by molar-refractivity contribution is 0.0981. The number of anilines is 4. The number of carbonyl (C=O) groups excluding carboxylic acids is 1. The number of nitrogens with two attached hydrogens (primary N) is 1. The summed E-state index contributed by atoms with van der Waals surface area (Å²) in [4.78, 5) is 29.1. The van der Waals surface area contributed by atoms with Crippen molar-refractivity contribution in [3.63, 3.8) is 0 Å². The molecule has 38 heavy (non-hydrogen) atoms. The second-order valence-corrected chi connectivity index (χ2v) is 10.4. The van der Waals surface area contributed by atoms with E-state index >= 15 is 0 Å². The van der Waals surface area contributed by atoms with Gasteiger partial charge in [-0.25, -0.2) is 9.97 Å². The molecule has 3 heterocycles. The first-order valence-corrected chi connectivity index (χ1v) is 13.9. The number of nitrogens with zero attached hydrogens (tertiary/aromatic N) is 5. The Morgan fingerprint density at radius 2 is 1.82 bits per heavy atom. The van der Waals surface area contributed by atoms with E-state index in [9.17, 15) is 4.79 Å². The molecule has 2 aromatic rings. The van der Waals surface area contributed by atoms with Crippen LogP contribution in [-0.4, -0.2) is 91.7 Å². The van der Waals surface area contributed by atoms with Gasteiger partial charge in [0.1, 0.15) is 5.75 Å². The summed E-state index contributed by atoms with van der Waals surface area (Å²) in [6, 6.07) is 6.67. The lowest BCUT2D eigenvalue weighted by Crippen LogP contribution is -2.52. The highest BCUT2D eigenvalue weighted by Gasteiger charge is 2.28. The maximum absolute atomic E-state index is 12.3. The third-order valence-corrected chi connectivity index (χ3v) is 7.88. The number of carbonyl (C=O) groups is 1. The fourth-order valence-electron chi connectivity index (χ4n) is 5.35. The van der Waals surface area contributed by atoms with Crippen molar-refractivity contribution in [1.82, 2.24) is 19.8 Å². The first-order valence-electron chi connectivity index (χ1n) is 13.9. The molecular weight excluding hydrogens is 480 g/mol. The van der Waals surface area contributed by atoms with Gasteiger partial charge in [0.15, 0.2) is 17.3 Å². The molecule has 10 nitrogen and oxygen atoms in total. The van der Waals surface area contributed by atoms with Crippen molar-refractivity contribution in [2.45, 2.75) is 52.0 Å². The highest BCUT2D eigenvalue weighted by molar-refractivity contribution is 5.96. The van der Waals surface area contributed by atoms with Gasteiger partial charge >= 0.3 is 0 Å². The fraction of sp³-hybridized carbons (Fsp3) is 0.607. The number of amides is 1. The summed E-state index contributed by atoms with van der Waals surface area (Å²) in [7, 11) is 3.90. The molecule has 4 N–H and O–H groups in total. The molecule has 1 aromatic carbocycles. The summed E-state index contributed by atoms with van der Waals surface area (Å²) in [5.74, 6) is 1.32. The number of nitrogens with one attached hydrogen (secondary N) is 2. The fourth-order valence-corrected chi connectivity index (χ4v) is 5.35. The Morgan fingerprint density at radius 1 is 1.11 bits per heavy atom. The largest absolute Gasteiger partial charge is 0.495 e. The minimum absolute atomic E-state index is 0.135. The van der Waals surface area contributed by atoms with Gasteiger partial charge in [0, 0.05) is 69.5 Å². The monoisotopic (exact) mass is 524 g/mol. The number of aromatic nitrogens is 2. The van der Waals surface area contributed by atoms with Crippen molar-refractivity contribution in [2.75, 3.05) is 75.5 Å². The summed E-state index contributed by atoms with van der Waals surface area (Å²) in [6.45, 7) is 13.5. The lowest BCUT2D eigenvalue weighted by atomic mass is 10.0. The van der Waals surface area contributed by atoms with Crippen molar-refractivity contribution >= 4 is 28.9 Å². The zero-order valence-electron chi connectivity index (χ0n) is 23.6. The van der Waals surface area contributed by atoms with Crippen molar-refractivity contribution in [2.24, 2.45) is 5.73 Å². The Bertz CT molecular complexity index is 1090. The van der Waals surface area contributed by atoms with Crippen LogP contribution >= 0.6 is 0 Å². The van der Waals surface area contributed by atoms with Crippen LogP contribution in [0.15, 0.2) is 18.2 Å². The predicted molar refractivity (Wildman–Crippen MR) is 154 cm³/mol. The Labute approximate surface area is 226 Å². The molecule has 1 aromatic heterocycles. The lowest BCUT2D eigenvalue weighted by Gasteiger charge is -2.42. The summed E-state index contributed by atoms with van der Waals surface area (Å²) in [5.41, 5.74) is 8.44. The number of primary amides is 1. The maximum atomic E-state index is 12.3. The molecule has 0 bridgehead atoms. The summed E-state index contributed by atoms with van der Waals surface area (Å²) < 4.78 is 5.80. The Kier molecular flexibility index (Phi) is 9.27. The van der Waals surface area contributed by atoms with Gasteiger partial charge in [0.2, 0.25) is 0 Å². The van der Waals surface area contributed by atoms with Gasteiger partial charge in [0.25, 0.3) is 5.91 Å². The number of piperazine rings is 1. The Hall–Kier alpha value is -3.11. The van der Waals surface area contributed by atoms with E-state index in [-0.39, 0.29) is 11.6 Å². The number of methoxy groups -OCH3 is 1. The average molecular weight is 525 g/mol. The SMILES string of the molecule is CCNc1nc(Nc2ccc(N3CCC(N4CCN(C)CC4)CC3)c(OC)c2)c(C(N)=O)nc1C(C)CC. The van der Waals surface area contributed by atoms with Crippen LogP contribution in [0.4, 0.5) is 23.0 Å². The highest BCUT2D eigenvalue weighted by atomic mass is 16.5. The maximum Gasteiger partial charge on any atom is 0.271 e. The third-order valence-electron chi connectivity index (χ3n) is 7.88. The molecule has 2 saturated heterocycles. The highest BCUT2D eigenvalue weighted by Crippen LogP contribution is 2.35. The molecule has 2 aliphatic heterocycles. The van der Waals surface area contributed by atoms with E-state index in [4.69, 9.17) is 15.5 Å². The van der Waals surface area contributed by atoms with Crippen LogP contribution in [-0.2, 0) is 0 Å². The number of rotatable bonds is 10. The molecule has 0 aliphatic carbocycles. The van der Waals surface area contributed by atoms with E-state index in [0.717, 1.165) is 81.3 Å². The first-order chi connectivity index (χ1) is 18.3. The van der Waals surface area contributed by atoms with Gasteiger partial charge < -0.3 is 30.9 Å². The predicted octanol–water partition coefficient (Wildman–Crippen LogP) is 3.49. The van der Waals surface area contributed by atoms with E-state index in [1.54, 1.807) is 7.11 Å². The average Bonchev–Trinajstić information content (AvgIpc) is 2.93. The molecule has 0 saturated carbocycles. The van der Waals surface area contributed by atoms with Crippen molar-refractivity contribution in [1.29, 1.82) is 0 Å². The molecule has 208 valence electrons. The van der Waals surface area contributed by atoms with Crippen LogP contribution < -0.4 is 26.0 Å². The zero-order valence-corrected chi connectivity index (χ0v) is 23.6. The molecule has 2 aliphatic rings. The molecular formula is C28H44N8O2. The summed E-state index contributed by atoms with van der Waals surface area (Å²) in [6.07, 6.45) is 3.18. The topological polar surface area (TPSA) is 112 Å². The molecule has 4 rings (SSSR count). The molecule has 1 amide bonds. The van der Waals surface area contributed by atoms with Crippen molar-refractivity contribution < 1.29 is 9.53 Å². The van der Waals surface area contributed by atoms with E-state index in [1.807, 2.05) is 19.1 Å². The number of likely N-dealkylation sites (N-methyl/N-ethyl adjacent to an activating group) is 1. The Morgan fingerprint density at radius 3 is 2.42 bits per heavy atom. The molecule has 2 fully saturated rings. The quantitative estimate of drug-likeness (QED) is 0.430. The molecule has 0 radical (unpaired) electrons. The van der Waals surface area contributed by atoms with Crippen LogP contribution in [0.5, 0.6) is 5.75 Å². The number of hydrogen-bond donors (Lipinski definition) is 3. The van der Waals surface area contributed by atoms with E-state index in [2.05, 4.69) is 57.3 Å². The molecule has 10 heteroatoms. The van der Waals surface area contributed by atoms with E-state index in [0.29, 0.717) is 24.2 Å². The number of benzene rings is 1. The number of hydrogen-bond acceptors (Lipinski definition) is 9. The van der Waals surface area contributed by atoms with Crippen LogP contribution in [0.25, 0.3) is 0 Å². The normalized spacial score (nSPS) is 18.3. The number of ether oxygens (including phenoxy) is 1. The van der Waals surface area contributed by atoms with E-state index < -0.39 is 5.91 Å². The van der Waals surface area contributed by atoms with Crippen molar-refractivity contribution in [3.8, 4) is 5.75 Å². The Balaban J connectivity index is 1.51. The van der Waals surface area contributed by atoms with Gasteiger partial charge in [-0.2, -0.15) is 0 Å². The minimum Gasteiger partial charge on any atom is -0.495 e.